The highest BCUT2D eigenvalue weighted by atomic mass is 35.5. The number of carboxylic acid groups (broad SMARTS) is 1. The number of aromatic nitrogens is 2. The van der Waals surface area contributed by atoms with Crippen LogP contribution in [0.5, 0.6) is 0 Å². The highest BCUT2D eigenvalue weighted by molar-refractivity contribution is 6.30. The first-order valence-electron chi connectivity index (χ1n) is 5.03. The van der Waals surface area contributed by atoms with Crippen molar-refractivity contribution >= 4 is 23.2 Å². The van der Waals surface area contributed by atoms with E-state index in [2.05, 4.69) is 4.98 Å². The molecule has 0 atom stereocenters. The largest absolute Gasteiger partial charge is 0.477 e. The van der Waals surface area contributed by atoms with Gasteiger partial charge < -0.3 is 5.11 Å². The number of aryl methyl sites for hydroxylation is 1. The van der Waals surface area contributed by atoms with Crippen LogP contribution in [0.15, 0.2) is 18.3 Å². The molecule has 2 aromatic rings. The zero-order valence-electron chi connectivity index (χ0n) is 8.77. The van der Waals surface area contributed by atoms with Crippen molar-refractivity contribution in [3.63, 3.8) is 0 Å². The summed E-state index contributed by atoms with van der Waals surface area (Å²) in [7, 11) is 0. The first-order valence-corrected chi connectivity index (χ1v) is 5.41. The van der Waals surface area contributed by atoms with Crippen LogP contribution in [0.1, 0.15) is 29.5 Å². The minimum atomic E-state index is -0.974. The van der Waals surface area contributed by atoms with Crippen molar-refractivity contribution in [3.8, 4) is 0 Å². The molecule has 0 aliphatic rings. The van der Waals surface area contributed by atoms with Gasteiger partial charge in [-0.05, 0) is 18.6 Å². The van der Waals surface area contributed by atoms with Gasteiger partial charge in [-0.15, -0.1) is 0 Å². The number of nitrogens with zero attached hydrogens (tertiary/aromatic N) is 2. The Labute approximate surface area is 97.5 Å². The summed E-state index contributed by atoms with van der Waals surface area (Å²) >= 11 is 5.84. The zero-order chi connectivity index (χ0) is 11.7. The molecule has 4 nitrogen and oxygen atoms in total. The molecule has 0 radical (unpaired) electrons. The average Bonchev–Trinajstić information content (AvgIpc) is 2.55. The number of pyridine rings is 1. The van der Waals surface area contributed by atoms with Gasteiger partial charge in [-0.3, -0.25) is 4.40 Å². The normalized spacial score (nSPS) is 10.9. The summed E-state index contributed by atoms with van der Waals surface area (Å²) in [6, 6.07) is 3.42. The third kappa shape index (κ3) is 1.76. The third-order valence-corrected chi connectivity index (χ3v) is 2.57. The second kappa shape index (κ2) is 4.14. The summed E-state index contributed by atoms with van der Waals surface area (Å²) < 4.78 is 1.52. The van der Waals surface area contributed by atoms with Crippen LogP contribution in [0.4, 0.5) is 0 Å². The van der Waals surface area contributed by atoms with Gasteiger partial charge in [0.15, 0.2) is 5.69 Å². The van der Waals surface area contributed by atoms with E-state index in [0.717, 1.165) is 6.42 Å². The monoisotopic (exact) mass is 238 g/mol. The smallest absolute Gasteiger partial charge is 0.354 e. The van der Waals surface area contributed by atoms with Crippen LogP contribution in [-0.2, 0) is 6.42 Å². The molecule has 2 heterocycles. The Bertz CT molecular complexity index is 548. The molecule has 0 saturated carbocycles. The molecule has 0 saturated heterocycles. The van der Waals surface area contributed by atoms with E-state index in [9.17, 15) is 4.79 Å². The topological polar surface area (TPSA) is 54.6 Å². The van der Waals surface area contributed by atoms with Crippen molar-refractivity contribution in [3.05, 3.63) is 34.7 Å². The van der Waals surface area contributed by atoms with E-state index in [1.165, 1.54) is 4.40 Å². The van der Waals surface area contributed by atoms with Gasteiger partial charge in [0.2, 0.25) is 0 Å². The minimum Gasteiger partial charge on any atom is -0.477 e. The van der Waals surface area contributed by atoms with Crippen LogP contribution in [0.2, 0.25) is 5.02 Å². The van der Waals surface area contributed by atoms with Crippen LogP contribution in [-0.4, -0.2) is 20.5 Å². The number of carboxylic acids is 1. The third-order valence-electron chi connectivity index (χ3n) is 2.34. The molecule has 5 heteroatoms. The molecule has 0 fully saturated rings. The molecule has 0 aliphatic carbocycles. The van der Waals surface area contributed by atoms with Crippen molar-refractivity contribution in [2.24, 2.45) is 0 Å². The fraction of sp³-hybridized carbons (Fsp3) is 0.273. The summed E-state index contributed by atoms with van der Waals surface area (Å²) in [5, 5.41) is 9.66. The Kier molecular flexibility index (Phi) is 2.83. The minimum absolute atomic E-state index is 0.208. The quantitative estimate of drug-likeness (QED) is 0.894. The molecule has 0 amide bonds. The van der Waals surface area contributed by atoms with E-state index < -0.39 is 5.97 Å². The molecule has 84 valence electrons. The summed E-state index contributed by atoms with van der Waals surface area (Å²) in [6.45, 7) is 1.99. The van der Waals surface area contributed by atoms with Crippen LogP contribution in [0.25, 0.3) is 5.65 Å². The van der Waals surface area contributed by atoms with Gasteiger partial charge in [-0.2, -0.15) is 0 Å². The van der Waals surface area contributed by atoms with E-state index >= 15 is 0 Å². The summed E-state index contributed by atoms with van der Waals surface area (Å²) in [5.74, 6) is -0.974. The highest BCUT2D eigenvalue weighted by Crippen LogP contribution is 2.17. The molecule has 0 aromatic carbocycles. The number of fused-ring (bicyclic) bond motifs is 1. The van der Waals surface area contributed by atoms with Crippen LogP contribution >= 0.6 is 11.6 Å². The number of carbonyl (C=O) groups is 1. The standard InChI is InChI=1S/C11H11ClN2O2/c1-2-3-8-10(11(15)16)14-6-7(12)4-5-9(14)13-8/h4-6H,2-3H2,1H3,(H,15,16). The molecular formula is C11H11ClN2O2. The van der Waals surface area contributed by atoms with E-state index in [4.69, 9.17) is 16.7 Å². The fourth-order valence-corrected chi connectivity index (χ4v) is 1.87. The van der Waals surface area contributed by atoms with Crippen LogP contribution in [0, 0.1) is 0 Å². The van der Waals surface area contributed by atoms with Crippen molar-refractivity contribution in [2.45, 2.75) is 19.8 Å². The second-order valence-electron chi connectivity index (χ2n) is 3.54. The lowest BCUT2D eigenvalue weighted by molar-refractivity contribution is 0.0688. The Morgan fingerprint density at radius 1 is 1.56 bits per heavy atom. The SMILES string of the molecule is CCCc1nc2ccc(Cl)cn2c1C(=O)O. The van der Waals surface area contributed by atoms with Crippen molar-refractivity contribution in [1.82, 2.24) is 9.38 Å². The summed E-state index contributed by atoms with van der Waals surface area (Å²) in [5.41, 5.74) is 1.43. The number of imidazole rings is 1. The van der Waals surface area contributed by atoms with Gasteiger partial charge in [0, 0.05) is 6.20 Å². The maximum Gasteiger partial charge on any atom is 0.354 e. The van der Waals surface area contributed by atoms with Crippen molar-refractivity contribution < 1.29 is 9.90 Å². The van der Waals surface area contributed by atoms with Gasteiger partial charge in [-0.25, -0.2) is 9.78 Å². The van der Waals surface area contributed by atoms with E-state index in [-0.39, 0.29) is 5.69 Å². The van der Waals surface area contributed by atoms with Gasteiger partial charge in [0.05, 0.1) is 10.7 Å². The van der Waals surface area contributed by atoms with Crippen LogP contribution < -0.4 is 0 Å². The lowest BCUT2D eigenvalue weighted by Crippen LogP contribution is -2.05. The van der Waals surface area contributed by atoms with Crippen molar-refractivity contribution in [1.29, 1.82) is 0 Å². The first kappa shape index (κ1) is 11.0. The molecular weight excluding hydrogens is 228 g/mol. The molecule has 2 aromatic heterocycles. The molecule has 1 N–H and O–H groups in total. The predicted molar refractivity (Wildman–Crippen MR) is 61.2 cm³/mol. The molecule has 2 rings (SSSR count). The maximum absolute atomic E-state index is 11.2. The van der Waals surface area contributed by atoms with E-state index in [1.54, 1.807) is 18.3 Å². The van der Waals surface area contributed by atoms with Crippen molar-refractivity contribution in [2.75, 3.05) is 0 Å². The number of hydrogen-bond donors (Lipinski definition) is 1. The number of hydrogen-bond acceptors (Lipinski definition) is 2. The molecule has 0 spiro atoms. The Balaban J connectivity index is 2.72. The maximum atomic E-state index is 11.2. The summed E-state index contributed by atoms with van der Waals surface area (Å²) in [6.07, 6.45) is 3.09. The zero-order valence-corrected chi connectivity index (χ0v) is 9.53. The lowest BCUT2D eigenvalue weighted by Gasteiger charge is -1.98. The van der Waals surface area contributed by atoms with Gasteiger partial charge in [-0.1, -0.05) is 24.9 Å². The predicted octanol–water partition coefficient (Wildman–Crippen LogP) is 2.64. The molecule has 0 aliphatic heterocycles. The highest BCUT2D eigenvalue weighted by Gasteiger charge is 2.17. The Hall–Kier alpha value is -1.55. The molecule has 0 unspecified atom stereocenters. The number of halogens is 1. The van der Waals surface area contributed by atoms with Gasteiger partial charge in [0.25, 0.3) is 0 Å². The van der Waals surface area contributed by atoms with E-state index in [0.29, 0.717) is 22.8 Å². The molecule has 16 heavy (non-hydrogen) atoms. The second-order valence-corrected chi connectivity index (χ2v) is 3.97. The number of aromatic carboxylic acids is 1. The first-order chi connectivity index (χ1) is 7.63. The summed E-state index contributed by atoms with van der Waals surface area (Å²) in [4.78, 5) is 15.5. The van der Waals surface area contributed by atoms with E-state index in [1.807, 2.05) is 6.92 Å². The Morgan fingerprint density at radius 2 is 2.31 bits per heavy atom. The fourth-order valence-electron chi connectivity index (χ4n) is 1.71. The van der Waals surface area contributed by atoms with Gasteiger partial charge in [0.1, 0.15) is 5.65 Å². The lowest BCUT2D eigenvalue weighted by atomic mass is 10.2. The molecule has 0 bridgehead atoms. The number of rotatable bonds is 3. The average molecular weight is 239 g/mol. The Morgan fingerprint density at radius 3 is 2.94 bits per heavy atom. The van der Waals surface area contributed by atoms with Crippen LogP contribution in [0.3, 0.4) is 0 Å². The van der Waals surface area contributed by atoms with Gasteiger partial charge >= 0.3 is 5.97 Å².